The molecule has 1 fully saturated rings. The number of sulfone groups is 1. The summed E-state index contributed by atoms with van der Waals surface area (Å²) in [7, 11) is -1.27. The fourth-order valence-electron chi connectivity index (χ4n) is 5.16. The molecular weight excluding hydrogens is 591 g/mol. The molecule has 2 atom stereocenters. The number of nitrogens with two attached hydrogens (primary N) is 1. The minimum Gasteiger partial charge on any atom is -0.494 e. The minimum atomic E-state index is -3.79. The number of methoxy groups -OCH3 is 2. The number of nitrogens with one attached hydrogen (secondary N) is 2. The van der Waals surface area contributed by atoms with Crippen LogP contribution in [-0.2, 0) is 19.4 Å². The van der Waals surface area contributed by atoms with Gasteiger partial charge in [0.2, 0.25) is 11.8 Å². The molecule has 0 saturated carbocycles. The van der Waals surface area contributed by atoms with Crippen LogP contribution in [0.15, 0.2) is 65.6 Å². The zero-order valence-corrected chi connectivity index (χ0v) is 25.6. The first-order chi connectivity index (χ1) is 20.9. The van der Waals surface area contributed by atoms with Crippen molar-refractivity contribution in [1.82, 2.24) is 4.90 Å². The monoisotopic (exact) mass is 626 g/mol. The second kappa shape index (κ2) is 13.3. The topological polar surface area (TPSA) is 157 Å². The maximum Gasteiger partial charge on any atom is 0.411 e. The summed E-state index contributed by atoms with van der Waals surface area (Å²) < 4.78 is 51.1. The average Bonchev–Trinajstić information content (AvgIpc) is 3.50. The van der Waals surface area contributed by atoms with Gasteiger partial charge in [-0.1, -0.05) is 12.1 Å². The van der Waals surface area contributed by atoms with E-state index in [-0.39, 0.29) is 16.2 Å². The molecule has 13 heteroatoms. The molecule has 0 radical (unpaired) electrons. The van der Waals surface area contributed by atoms with Gasteiger partial charge in [0.05, 0.1) is 30.4 Å². The Morgan fingerprint density at radius 3 is 2.43 bits per heavy atom. The molecule has 3 aromatic rings. The number of hydrogen-bond acceptors (Lipinski definition) is 8. The smallest absolute Gasteiger partial charge is 0.411 e. The fraction of sp³-hybridized carbons (Fsp3) is 0.323. The van der Waals surface area contributed by atoms with Crippen molar-refractivity contribution in [3.8, 4) is 5.75 Å². The highest BCUT2D eigenvalue weighted by molar-refractivity contribution is 7.92. The van der Waals surface area contributed by atoms with Crippen LogP contribution in [0.2, 0.25) is 0 Å². The molecule has 1 aliphatic heterocycles. The Morgan fingerprint density at radius 2 is 1.77 bits per heavy atom. The predicted octanol–water partition coefficient (Wildman–Crippen LogP) is 4.81. The predicted molar refractivity (Wildman–Crippen MR) is 163 cm³/mol. The van der Waals surface area contributed by atoms with Crippen LogP contribution in [0.3, 0.4) is 0 Å². The fourth-order valence-corrected chi connectivity index (χ4v) is 6.45. The second-order valence-corrected chi connectivity index (χ2v) is 13.0. The molecule has 0 unspecified atom stereocenters. The Kier molecular flexibility index (Phi) is 9.78. The van der Waals surface area contributed by atoms with E-state index in [9.17, 15) is 27.2 Å². The third kappa shape index (κ3) is 6.77. The Bertz CT molecular complexity index is 1680. The van der Waals surface area contributed by atoms with E-state index in [2.05, 4.69) is 10.6 Å². The largest absolute Gasteiger partial charge is 0.494 e. The third-order valence-corrected chi connectivity index (χ3v) is 9.70. The van der Waals surface area contributed by atoms with E-state index in [1.165, 1.54) is 56.7 Å². The van der Waals surface area contributed by atoms with Gasteiger partial charge in [-0.2, -0.15) is 0 Å². The summed E-state index contributed by atoms with van der Waals surface area (Å²) in [5.41, 5.74) is 7.11. The van der Waals surface area contributed by atoms with Crippen LogP contribution in [0.1, 0.15) is 60.3 Å². The minimum absolute atomic E-state index is 0.0507. The highest BCUT2D eigenvalue weighted by atomic mass is 32.2. The zero-order chi connectivity index (χ0) is 32.2. The van der Waals surface area contributed by atoms with Gasteiger partial charge in [0.25, 0.3) is 0 Å². The molecular formula is C31H35FN4O7S. The van der Waals surface area contributed by atoms with Gasteiger partial charge in [0.15, 0.2) is 21.4 Å². The highest BCUT2D eigenvalue weighted by Crippen LogP contribution is 2.40. The molecule has 11 nitrogen and oxygen atoms in total. The first kappa shape index (κ1) is 32.3. The van der Waals surface area contributed by atoms with Crippen molar-refractivity contribution in [3.05, 3.63) is 83.2 Å². The summed E-state index contributed by atoms with van der Waals surface area (Å²) in [6, 6.07) is 13.0. The number of hydrogen-bond donors (Lipinski definition) is 3. The van der Waals surface area contributed by atoms with Crippen LogP contribution in [0.4, 0.5) is 20.6 Å². The van der Waals surface area contributed by atoms with Gasteiger partial charge in [-0.25, -0.2) is 17.6 Å². The number of anilines is 2. The number of primary amides is 1. The third-order valence-electron chi connectivity index (χ3n) is 7.48. The molecule has 3 aromatic carbocycles. The summed E-state index contributed by atoms with van der Waals surface area (Å²) >= 11 is 0. The van der Waals surface area contributed by atoms with E-state index >= 15 is 0 Å². The summed E-state index contributed by atoms with van der Waals surface area (Å²) in [6.45, 7) is 3.44. The maximum absolute atomic E-state index is 14.4. The van der Waals surface area contributed by atoms with E-state index in [0.29, 0.717) is 41.9 Å². The Morgan fingerprint density at radius 1 is 1.02 bits per heavy atom. The van der Waals surface area contributed by atoms with Crippen LogP contribution in [-0.4, -0.2) is 57.2 Å². The lowest BCUT2D eigenvalue weighted by Crippen LogP contribution is -2.38. The van der Waals surface area contributed by atoms with Gasteiger partial charge in [0.1, 0.15) is 6.04 Å². The Balaban J connectivity index is 1.82. The van der Waals surface area contributed by atoms with Crippen molar-refractivity contribution in [2.75, 3.05) is 31.4 Å². The van der Waals surface area contributed by atoms with E-state index in [0.717, 1.165) is 0 Å². The molecule has 0 spiro atoms. The van der Waals surface area contributed by atoms with Crippen molar-refractivity contribution in [3.63, 3.8) is 0 Å². The average molecular weight is 627 g/mol. The molecule has 3 amide bonds. The standard InChI is InChI=1S/C31H35FN4O7S/c1-18(2)44(40,41)27-13-11-22(35-31(39)43-4)17-23(27)25-9-6-14-36(25)30(38)28(19-10-12-24(32)26(16-19)42-3)34-21-8-5-7-20(15-21)29(33)37/h5,7-8,10-13,15-18,25,28,34H,6,9,14H2,1-4H3,(H2,33,37)(H,35,39)/t25-,28+/m1/s1. The molecule has 1 aliphatic rings. The number of amides is 3. The van der Waals surface area contributed by atoms with Crippen LogP contribution in [0.5, 0.6) is 5.75 Å². The van der Waals surface area contributed by atoms with Gasteiger partial charge >= 0.3 is 6.09 Å². The molecule has 4 rings (SSSR count). The first-order valence-electron chi connectivity index (χ1n) is 13.9. The molecule has 4 N–H and O–H groups in total. The van der Waals surface area contributed by atoms with Crippen LogP contribution in [0.25, 0.3) is 0 Å². The number of rotatable bonds is 10. The Labute approximate surface area is 255 Å². The summed E-state index contributed by atoms with van der Waals surface area (Å²) in [5, 5.41) is 4.97. The van der Waals surface area contributed by atoms with Crippen molar-refractivity contribution in [1.29, 1.82) is 0 Å². The molecule has 0 aromatic heterocycles. The van der Waals surface area contributed by atoms with Crippen LogP contribution >= 0.6 is 0 Å². The molecule has 1 saturated heterocycles. The number of halogens is 1. The van der Waals surface area contributed by atoms with E-state index in [1.807, 2.05) is 0 Å². The van der Waals surface area contributed by atoms with Crippen LogP contribution < -0.4 is 21.1 Å². The zero-order valence-electron chi connectivity index (χ0n) is 24.8. The molecule has 0 aliphatic carbocycles. The van der Waals surface area contributed by atoms with Crippen LogP contribution in [0, 0.1) is 5.82 Å². The molecule has 0 bridgehead atoms. The van der Waals surface area contributed by atoms with Gasteiger partial charge in [-0.15, -0.1) is 0 Å². The van der Waals surface area contributed by atoms with E-state index in [1.54, 1.807) is 36.9 Å². The Hall–Kier alpha value is -4.65. The van der Waals surface area contributed by atoms with Gasteiger partial charge in [-0.3, -0.25) is 14.9 Å². The lowest BCUT2D eigenvalue weighted by Gasteiger charge is -2.32. The summed E-state index contributed by atoms with van der Waals surface area (Å²) in [6.07, 6.45) is 0.288. The van der Waals surface area contributed by atoms with E-state index in [4.69, 9.17) is 15.2 Å². The van der Waals surface area contributed by atoms with Crippen molar-refractivity contribution in [2.45, 2.75) is 48.9 Å². The van der Waals surface area contributed by atoms with Gasteiger partial charge < -0.3 is 25.4 Å². The lowest BCUT2D eigenvalue weighted by atomic mass is 10.0. The van der Waals surface area contributed by atoms with Crippen molar-refractivity contribution >= 4 is 39.1 Å². The number of nitrogens with zero attached hydrogens (tertiary/aromatic N) is 1. The van der Waals surface area contributed by atoms with Crippen molar-refractivity contribution < 1.29 is 36.7 Å². The quantitative estimate of drug-likeness (QED) is 0.289. The first-order valence-corrected chi connectivity index (χ1v) is 15.4. The SMILES string of the molecule is COC(=O)Nc1ccc(S(=O)(=O)C(C)C)c([C@H]2CCCN2C(=O)[C@@H](Nc2cccc(C(N)=O)c2)c2ccc(F)c(OC)c2)c1. The molecule has 234 valence electrons. The van der Waals surface area contributed by atoms with Gasteiger partial charge in [0, 0.05) is 23.5 Å². The number of benzene rings is 3. The summed E-state index contributed by atoms with van der Waals surface area (Å²) in [4.78, 5) is 39.8. The van der Waals surface area contributed by atoms with E-state index < -0.39 is 50.9 Å². The molecule has 1 heterocycles. The summed E-state index contributed by atoms with van der Waals surface area (Å²) in [5.74, 6) is -1.77. The normalized spacial score (nSPS) is 15.5. The lowest BCUT2D eigenvalue weighted by molar-refractivity contribution is -0.133. The molecule has 44 heavy (non-hydrogen) atoms. The number of carbonyl (C=O) groups excluding carboxylic acids is 3. The maximum atomic E-state index is 14.4. The highest BCUT2D eigenvalue weighted by Gasteiger charge is 2.38. The number of likely N-dealkylation sites (tertiary alicyclic amines) is 1. The second-order valence-electron chi connectivity index (χ2n) is 10.6. The van der Waals surface area contributed by atoms with Gasteiger partial charge in [-0.05, 0) is 86.3 Å². The number of ether oxygens (including phenoxy) is 2. The van der Waals surface area contributed by atoms with Crippen molar-refractivity contribution in [2.24, 2.45) is 5.73 Å². The number of carbonyl (C=O) groups is 3.